The van der Waals surface area contributed by atoms with Crippen LogP contribution < -0.4 is 10.6 Å². The molecule has 0 aromatic rings. The first-order valence-corrected chi connectivity index (χ1v) is 5.55. The van der Waals surface area contributed by atoms with E-state index in [4.69, 9.17) is 5.11 Å². The van der Waals surface area contributed by atoms with Crippen LogP contribution in [-0.4, -0.2) is 29.2 Å². The molecule has 0 fully saturated rings. The Bertz CT molecular complexity index is 326. The van der Waals surface area contributed by atoms with E-state index < -0.39 is 11.5 Å². The molecule has 0 atom stereocenters. The van der Waals surface area contributed by atoms with Crippen molar-refractivity contribution < 1.29 is 14.7 Å². The van der Waals surface area contributed by atoms with Crippen molar-refractivity contribution in [1.82, 2.24) is 10.6 Å². The highest BCUT2D eigenvalue weighted by Gasteiger charge is 2.20. The second-order valence-electron chi connectivity index (χ2n) is 4.34. The van der Waals surface area contributed by atoms with Gasteiger partial charge in [-0.3, -0.25) is 4.79 Å². The van der Waals surface area contributed by atoms with Crippen molar-refractivity contribution in [2.45, 2.75) is 45.6 Å². The molecule has 96 valence electrons. The van der Waals surface area contributed by atoms with Gasteiger partial charge in [-0.1, -0.05) is 0 Å². The fraction of sp³-hybridized carbons (Fsp3) is 0.667. The monoisotopic (exact) mass is 240 g/mol. The molecule has 0 heterocycles. The standard InChI is InChI=1S/C12H20N2O3/c1-4-5-6-9-13-11(17)14-12(2,3)8-7-10(15)16/h6-9H2,1-3H3,(H,15,16)(H2,13,14,17). The molecule has 0 radical (unpaired) electrons. The summed E-state index contributed by atoms with van der Waals surface area (Å²) in [5.74, 6) is 4.71. The number of rotatable bonds is 6. The van der Waals surface area contributed by atoms with Gasteiger partial charge in [-0.2, -0.15) is 0 Å². The van der Waals surface area contributed by atoms with Gasteiger partial charge >= 0.3 is 12.0 Å². The average Bonchev–Trinajstić information content (AvgIpc) is 2.21. The van der Waals surface area contributed by atoms with E-state index >= 15 is 0 Å². The van der Waals surface area contributed by atoms with Crippen molar-refractivity contribution in [3.63, 3.8) is 0 Å². The Hall–Kier alpha value is -1.70. The first-order chi connectivity index (χ1) is 7.87. The number of carbonyl (C=O) groups excluding carboxylic acids is 1. The first-order valence-electron chi connectivity index (χ1n) is 5.55. The molecule has 0 saturated heterocycles. The van der Waals surface area contributed by atoms with E-state index in [0.717, 1.165) is 0 Å². The van der Waals surface area contributed by atoms with Crippen LogP contribution in [0.2, 0.25) is 0 Å². The Kier molecular flexibility index (Phi) is 6.80. The number of nitrogens with one attached hydrogen (secondary N) is 2. The zero-order valence-corrected chi connectivity index (χ0v) is 10.6. The highest BCUT2D eigenvalue weighted by molar-refractivity contribution is 5.74. The van der Waals surface area contributed by atoms with Crippen LogP contribution in [-0.2, 0) is 4.79 Å². The van der Waals surface area contributed by atoms with Gasteiger partial charge in [0.25, 0.3) is 0 Å². The summed E-state index contributed by atoms with van der Waals surface area (Å²) in [6, 6.07) is -0.293. The molecule has 0 spiro atoms. The molecule has 0 aliphatic heterocycles. The van der Waals surface area contributed by atoms with Gasteiger partial charge in [0.2, 0.25) is 0 Å². The lowest BCUT2D eigenvalue weighted by atomic mass is 9.99. The number of urea groups is 1. The quantitative estimate of drug-likeness (QED) is 0.484. The Morgan fingerprint density at radius 2 is 2.00 bits per heavy atom. The molecule has 17 heavy (non-hydrogen) atoms. The topological polar surface area (TPSA) is 78.4 Å². The maximum Gasteiger partial charge on any atom is 0.315 e. The maximum absolute atomic E-state index is 11.4. The average molecular weight is 240 g/mol. The van der Waals surface area contributed by atoms with Crippen molar-refractivity contribution >= 4 is 12.0 Å². The number of carboxylic acid groups (broad SMARTS) is 1. The molecule has 5 nitrogen and oxygen atoms in total. The third-order valence-corrected chi connectivity index (χ3v) is 2.13. The van der Waals surface area contributed by atoms with Crippen LogP contribution in [0, 0.1) is 11.8 Å². The molecule has 0 aromatic heterocycles. The van der Waals surface area contributed by atoms with Gasteiger partial charge < -0.3 is 15.7 Å². The largest absolute Gasteiger partial charge is 0.481 e. The van der Waals surface area contributed by atoms with Crippen LogP contribution in [0.4, 0.5) is 4.79 Å². The third kappa shape index (κ3) is 9.24. The van der Waals surface area contributed by atoms with Gasteiger partial charge in [0.05, 0.1) is 0 Å². The lowest BCUT2D eigenvalue weighted by molar-refractivity contribution is -0.137. The summed E-state index contributed by atoms with van der Waals surface area (Å²) < 4.78 is 0. The Morgan fingerprint density at radius 3 is 2.53 bits per heavy atom. The van der Waals surface area contributed by atoms with Gasteiger partial charge in [0.15, 0.2) is 0 Å². The molecular weight excluding hydrogens is 220 g/mol. The molecule has 5 heteroatoms. The lowest BCUT2D eigenvalue weighted by Gasteiger charge is -2.25. The fourth-order valence-electron chi connectivity index (χ4n) is 1.20. The van der Waals surface area contributed by atoms with E-state index in [9.17, 15) is 9.59 Å². The van der Waals surface area contributed by atoms with Gasteiger partial charge in [0, 0.05) is 24.9 Å². The predicted molar refractivity (Wildman–Crippen MR) is 65.6 cm³/mol. The van der Waals surface area contributed by atoms with Crippen molar-refractivity contribution in [2.75, 3.05) is 6.54 Å². The minimum atomic E-state index is -0.862. The molecule has 0 aromatic carbocycles. The van der Waals surface area contributed by atoms with Crippen LogP contribution in [0.25, 0.3) is 0 Å². The van der Waals surface area contributed by atoms with Crippen molar-refractivity contribution in [3.8, 4) is 11.8 Å². The van der Waals surface area contributed by atoms with Crippen molar-refractivity contribution in [1.29, 1.82) is 0 Å². The summed E-state index contributed by atoms with van der Waals surface area (Å²) in [6.45, 7) is 5.82. The number of hydrogen-bond donors (Lipinski definition) is 3. The van der Waals surface area contributed by atoms with Crippen molar-refractivity contribution in [2.24, 2.45) is 0 Å². The van der Waals surface area contributed by atoms with E-state index in [-0.39, 0.29) is 12.5 Å². The van der Waals surface area contributed by atoms with E-state index in [1.165, 1.54) is 0 Å². The number of hydrogen-bond acceptors (Lipinski definition) is 2. The van der Waals surface area contributed by atoms with E-state index in [2.05, 4.69) is 22.5 Å². The third-order valence-electron chi connectivity index (χ3n) is 2.13. The van der Waals surface area contributed by atoms with Crippen LogP contribution in [0.5, 0.6) is 0 Å². The van der Waals surface area contributed by atoms with E-state index in [1.54, 1.807) is 20.8 Å². The van der Waals surface area contributed by atoms with Crippen LogP contribution >= 0.6 is 0 Å². The molecule has 2 amide bonds. The zero-order valence-electron chi connectivity index (χ0n) is 10.6. The highest BCUT2D eigenvalue weighted by Crippen LogP contribution is 2.10. The maximum atomic E-state index is 11.4. The molecule has 0 bridgehead atoms. The minimum Gasteiger partial charge on any atom is -0.481 e. The Balaban J connectivity index is 3.90. The summed E-state index contributed by atoms with van der Waals surface area (Å²) in [7, 11) is 0. The Morgan fingerprint density at radius 1 is 1.35 bits per heavy atom. The fourth-order valence-corrected chi connectivity index (χ4v) is 1.20. The Labute approximate surface area is 102 Å². The molecular formula is C12H20N2O3. The van der Waals surface area contributed by atoms with Crippen LogP contribution in [0.3, 0.4) is 0 Å². The molecule has 0 unspecified atom stereocenters. The second kappa shape index (κ2) is 7.55. The number of carboxylic acids is 1. The van der Waals surface area contributed by atoms with Crippen molar-refractivity contribution in [3.05, 3.63) is 0 Å². The second-order valence-corrected chi connectivity index (χ2v) is 4.34. The highest BCUT2D eigenvalue weighted by atomic mass is 16.4. The lowest BCUT2D eigenvalue weighted by Crippen LogP contribution is -2.48. The van der Waals surface area contributed by atoms with Crippen LogP contribution in [0.15, 0.2) is 0 Å². The van der Waals surface area contributed by atoms with Gasteiger partial charge in [-0.15, -0.1) is 11.8 Å². The molecule has 0 rings (SSSR count). The summed E-state index contributed by atoms with van der Waals surface area (Å²) in [6.07, 6.45) is 1.04. The smallest absolute Gasteiger partial charge is 0.315 e. The summed E-state index contributed by atoms with van der Waals surface area (Å²) >= 11 is 0. The normalized spacial score (nSPS) is 10.1. The van der Waals surface area contributed by atoms with Crippen LogP contribution in [0.1, 0.15) is 40.0 Å². The van der Waals surface area contributed by atoms with E-state index in [0.29, 0.717) is 19.4 Å². The summed E-state index contributed by atoms with van der Waals surface area (Å²) in [5.41, 5.74) is -0.529. The molecule has 0 aliphatic rings. The number of amides is 2. The van der Waals surface area contributed by atoms with Gasteiger partial charge in [-0.05, 0) is 27.2 Å². The molecule has 0 saturated carbocycles. The minimum absolute atomic E-state index is 0.0363. The number of carbonyl (C=O) groups is 2. The predicted octanol–water partition coefficient (Wildman–Crippen LogP) is 1.34. The first kappa shape index (κ1) is 15.3. The number of aliphatic carboxylic acids is 1. The summed E-state index contributed by atoms with van der Waals surface area (Å²) in [4.78, 5) is 21.9. The SMILES string of the molecule is CC#CCCNC(=O)NC(C)(C)CCC(=O)O. The molecule has 3 N–H and O–H groups in total. The molecule has 0 aliphatic carbocycles. The van der Waals surface area contributed by atoms with Gasteiger partial charge in [0.1, 0.15) is 0 Å². The van der Waals surface area contributed by atoms with Gasteiger partial charge in [-0.25, -0.2) is 4.79 Å². The van der Waals surface area contributed by atoms with E-state index in [1.807, 2.05) is 0 Å². The summed E-state index contributed by atoms with van der Waals surface area (Å²) in [5, 5.41) is 14.0. The zero-order chi connectivity index (χ0) is 13.3.